The Kier molecular flexibility index (Phi) is 7.13. The van der Waals surface area contributed by atoms with Gasteiger partial charge in [0, 0.05) is 41.9 Å². The third-order valence-corrected chi connectivity index (χ3v) is 8.67. The summed E-state index contributed by atoms with van der Waals surface area (Å²) in [5.41, 5.74) is 4.02. The molecule has 2 aromatic carbocycles. The van der Waals surface area contributed by atoms with Gasteiger partial charge in [-0.3, -0.25) is 4.79 Å². The summed E-state index contributed by atoms with van der Waals surface area (Å²) in [7, 11) is 0. The molecule has 5 rings (SSSR count). The van der Waals surface area contributed by atoms with Crippen molar-refractivity contribution in [3.8, 4) is 5.75 Å². The van der Waals surface area contributed by atoms with Crippen molar-refractivity contribution in [2.75, 3.05) is 13.1 Å². The van der Waals surface area contributed by atoms with E-state index in [2.05, 4.69) is 13.0 Å². The number of carbonyl (C=O) groups is 1. The van der Waals surface area contributed by atoms with Crippen LogP contribution in [0, 0.1) is 26.7 Å². The van der Waals surface area contributed by atoms with Gasteiger partial charge in [-0.2, -0.15) is 0 Å². The molecule has 0 unspecified atom stereocenters. The molecule has 2 fully saturated rings. The van der Waals surface area contributed by atoms with Gasteiger partial charge in [0.2, 0.25) is 5.91 Å². The fourth-order valence-corrected chi connectivity index (χ4v) is 6.13. The third kappa shape index (κ3) is 5.04. The number of piperidine rings is 1. The molecule has 1 amide bonds. The quantitative estimate of drug-likeness (QED) is 0.457. The molecule has 6 heteroatoms. The molecule has 0 spiro atoms. The van der Waals surface area contributed by atoms with Gasteiger partial charge in [-0.1, -0.05) is 37.1 Å². The molecule has 1 aromatic heterocycles. The summed E-state index contributed by atoms with van der Waals surface area (Å²) >= 11 is 0. The van der Waals surface area contributed by atoms with Gasteiger partial charge in [-0.15, -0.1) is 0 Å². The van der Waals surface area contributed by atoms with Crippen molar-refractivity contribution in [3.05, 3.63) is 74.6 Å². The Morgan fingerprint density at radius 1 is 1.11 bits per heavy atom. The van der Waals surface area contributed by atoms with Crippen molar-refractivity contribution in [1.82, 2.24) is 4.90 Å². The average molecular weight is 504 g/mol. The van der Waals surface area contributed by atoms with Crippen LogP contribution in [0.1, 0.15) is 66.3 Å². The van der Waals surface area contributed by atoms with E-state index in [1.165, 1.54) is 5.56 Å². The number of benzene rings is 2. The van der Waals surface area contributed by atoms with E-state index in [0.29, 0.717) is 49.4 Å². The molecule has 1 aliphatic carbocycles. The van der Waals surface area contributed by atoms with Crippen molar-refractivity contribution >= 4 is 16.9 Å². The van der Waals surface area contributed by atoms with Gasteiger partial charge in [0.1, 0.15) is 17.9 Å². The highest BCUT2D eigenvalue weighted by molar-refractivity contribution is 5.86. The Morgan fingerprint density at radius 2 is 1.92 bits per heavy atom. The highest BCUT2D eigenvalue weighted by Gasteiger charge is 2.43. The second-order valence-electron chi connectivity index (χ2n) is 10.9. The zero-order valence-corrected chi connectivity index (χ0v) is 22.1. The Bertz CT molecular complexity index is 1380. The van der Waals surface area contributed by atoms with Crippen molar-refractivity contribution in [3.63, 3.8) is 0 Å². The fourth-order valence-electron chi connectivity index (χ4n) is 6.13. The molecule has 6 nitrogen and oxygen atoms in total. The van der Waals surface area contributed by atoms with Crippen LogP contribution in [-0.4, -0.2) is 34.6 Å². The lowest BCUT2D eigenvalue weighted by molar-refractivity contribution is -0.143. The molecule has 1 aliphatic heterocycles. The lowest BCUT2D eigenvalue weighted by Gasteiger charge is -2.47. The van der Waals surface area contributed by atoms with Crippen LogP contribution >= 0.6 is 0 Å². The minimum absolute atomic E-state index is 0.0441. The molecule has 0 radical (unpaired) electrons. The molecule has 2 heterocycles. The van der Waals surface area contributed by atoms with E-state index in [-0.39, 0.29) is 18.2 Å². The van der Waals surface area contributed by atoms with E-state index in [1.807, 2.05) is 49.1 Å². The lowest BCUT2D eigenvalue weighted by Crippen LogP contribution is -2.54. The van der Waals surface area contributed by atoms with Crippen molar-refractivity contribution < 1.29 is 19.1 Å². The van der Waals surface area contributed by atoms with Gasteiger partial charge >= 0.3 is 5.63 Å². The van der Waals surface area contributed by atoms with E-state index < -0.39 is 11.2 Å². The SMILES string of the molecule is Cc1ccccc1COc1ccc2c(C)c(CCC(=O)N3CC[C@@]4(O)CCCC[C@H]4C3)c(=O)oc2c1C. The van der Waals surface area contributed by atoms with E-state index in [9.17, 15) is 14.7 Å². The van der Waals surface area contributed by atoms with Crippen LogP contribution in [0.5, 0.6) is 5.75 Å². The van der Waals surface area contributed by atoms with Gasteiger partial charge in [0.15, 0.2) is 0 Å². The third-order valence-electron chi connectivity index (χ3n) is 8.67. The van der Waals surface area contributed by atoms with Crippen LogP contribution in [-0.2, 0) is 17.8 Å². The molecule has 2 atom stereocenters. The van der Waals surface area contributed by atoms with Gasteiger partial charge < -0.3 is 19.2 Å². The molecule has 1 N–H and O–H groups in total. The Hall–Kier alpha value is -3.12. The lowest BCUT2D eigenvalue weighted by atomic mass is 9.71. The zero-order chi connectivity index (χ0) is 26.2. The van der Waals surface area contributed by atoms with E-state index in [4.69, 9.17) is 9.15 Å². The maximum atomic E-state index is 13.0. The number of likely N-dealkylation sites (tertiary alicyclic amines) is 1. The topological polar surface area (TPSA) is 80.0 Å². The molecule has 37 heavy (non-hydrogen) atoms. The first kappa shape index (κ1) is 25.5. The predicted molar refractivity (Wildman–Crippen MR) is 144 cm³/mol. The predicted octanol–water partition coefficient (Wildman–Crippen LogP) is 5.38. The summed E-state index contributed by atoms with van der Waals surface area (Å²) < 4.78 is 11.9. The first-order valence-electron chi connectivity index (χ1n) is 13.5. The van der Waals surface area contributed by atoms with Crippen LogP contribution in [0.2, 0.25) is 0 Å². The summed E-state index contributed by atoms with van der Waals surface area (Å²) in [6.45, 7) is 7.53. The highest BCUT2D eigenvalue weighted by Crippen LogP contribution is 2.40. The number of amides is 1. The molecular weight excluding hydrogens is 466 g/mol. The molecule has 2 aliphatic rings. The van der Waals surface area contributed by atoms with E-state index in [1.54, 1.807) is 0 Å². The van der Waals surface area contributed by atoms with Crippen LogP contribution < -0.4 is 10.4 Å². The summed E-state index contributed by atoms with van der Waals surface area (Å²) in [4.78, 5) is 27.9. The van der Waals surface area contributed by atoms with E-state index >= 15 is 0 Å². The van der Waals surface area contributed by atoms with Crippen LogP contribution in [0.4, 0.5) is 0 Å². The number of nitrogens with zero attached hydrogens (tertiary/aromatic N) is 1. The summed E-state index contributed by atoms with van der Waals surface area (Å²) in [5, 5.41) is 11.8. The zero-order valence-electron chi connectivity index (χ0n) is 22.1. The first-order chi connectivity index (χ1) is 17.8. The van der Waals surface area contributed by atoms with Crippen LogP contribution in [0.3, 0.4) is 0 Å². The average Bonchev–Trinajstić information content (AvgIpc) is 2.88. The Balaban J connectivity index is 1.29. The fraction of sp³-hybridized carbons (Fsp3) is 0.484. The van der Waals surface area contributed by atoms with Crippen LogP contribution in [0.25, 0.3) is 11.0 Å². The normalized spacial score (nSPS) is 21.6. The summed E-state index contributed by atoms with van der Waals surface area (Å²) in [6.07, 6.45) is 5.26. The summed E-state index contributed by atoms with van der Waals surface area (Å²) in [5.74, 6) is 0.897. The minimum Gasteiger partial charge on any atom is -0.488 e. The Labute approximate surface area is 218 Å². The highest BCUT2D eigenvalue weighted by atomic mass is 16.5. The Morgan fingerprint density at radius 3 is 2.73 bits per heavy atom. The minimum atomic E-state index is -0.606. The smallest absolute Gasteiger partial charge is 0.339 e. The number of aryl methyl sites for hydroxylation is 3. The van der Waals surface area contributed by atoms with Gasteiger partial charge in [-0.05, 0) is 75.3 Å². The summed E-state index contributed by atoms with van der Waals surface area (Å²) in [6, 6.07) is 12.0. The second-order valence-corrected chi connectivity index (χ2v) is 10.9. The molecule has 1 saturated carbocycles. The number of fused-ring (bicyclic) bond motifs is 2. The van der Waals surface area contributed by atoms with Crippen molar-refractivity contribution in [2.24, 2.45) is 5.92 Å². The maximum absolute atomic E-state index is 13.0. The molecular formula is C31H37NO5. The van der Waals surface area contributed by atoms with Gasteiger partial charge in [0.25, 0.3) is 0 Å². The standard InChI is InChI=1S/C31H37NO5/c1-20-8-4-5-9-23(20)19-36-27-13-11-25-21(2)26(30(34)37-29(25)22(27)3)12-14-28(33)32-17-16-31(35)15-7-6-10-24(31)18-32/h4-5,8-9,11,13,24,35H,6-7,10,12,14-19H2,1-3H3/t24-,31-/m0/s1. The second kappa shape index (κ2) is 10.3. The number of carbonyl (C=O) groups excluding carboxylic acids is 1. The monoisotopic (exact) mass is 503 g/mol. The van der Waals surface area contributed by atoms with Gasteiger partial charge in [-0.25, -0.2) is 4.79 Å². The number of ether oxygens (including phenoxy) is 1. The number of hydrogen-bond donors (Lipinski definition) is 1. The van der Waals surface area contributed by atoms with Crippen molar-refractivity contribution in [1.29, 1.82) is 0 Å². The van der Waals surface area contributed by atoms with Gasteiger partial charge in [0.05, 0.1) is 5.60 Å². The molecule has 0 bridgehead atoms. The number of rotatable bonds is 6. The van der Waals surface area contributed by atoms with E-state index in [0.717, 1.165) is 47.8 Å². The molecule has 3 aromatic rings. The molecule has 196 valence electrons. The first-order valence-corrected chi connectivity index (χ1v) is 13.5. The van der Waals surface area contributed by atoms with Crippen molar-refractivity contribution in [2.45, 2.75) is 77.9 Å². The number of hydrogen-bond acceptors (Lipinski definition) is 5. The largest absolute Gasteiger partial charge is 0.488 e. The maximum Gasteiger partial charge on any atom is 0.339 e. The molecule has 1 saturated heterocycles. The number of aliphatic hydroxyl groups is 1. The van der Waals surface area contributed by atoms with Crippen LogP contribution in [0.15, 0.2) is 45.6 Å².